The van der Waals surface area contributed by atoms with Crippen LogP contribution in [0.1, 0.15) is 97.8 Å². The van der Waals surface area contributed by atoms with E-state index in [2.05, 4.69) is 27.4 Å². The Labute approximate surface area is 326 Å². The Morgan fingerprint density at radius 1 is 0.943 bits per heavy atom. The molecule has 0 aromatic carbocycles. The van der Waals surface area contributed by atoms with E-state index in [9.17, 15) is 19.8 Å². The zero-order chi connectivity index (χ0) is 37.4. The number of hydrogen-bond donors (Lipinski definition) is 2. The fraction of sp³-hybridized carbons (Fsp3) is 0.429. The van der Waals surface area contributed by atoms with Gasteiger partial charge in [0, 0.05) is 18.1 Å². The third kappa shape index (κ3) is 7.17. The Morgan fingerprint density at radius 3 is 2.32 bits per heavy atom. The molecule has 1 aliphatic carbocycles. The Bertz CT molecular complexity index is 2250. The summed E-state index contributed by atoms with van der Waals surface area (Å²) in [7, 11) is 1.31. The van der Waals surface area contributed by atoms with Gasteiger partial charge in [0.25, 0.3) is 0 Å². The quantitative estimate of drug-likeness (QED) is 0.170. The van der Waals surface area contributed by atoms with Crippen molar-refractivity contribution in [2.75, 3.05) is 13.7 Å². The van der Waals surface area contributed by atoms with Crippen molar-refractivity contribution < 1.29 is 29.3 Å². The molecule has 0 saturated carbocycles. The number of carbonyl (C=O) groups is 2. The summed E-state index contributed by atoms with van der Waals surface area (Å²) in [5, 5.41) is 29.2. The van der Waals surface area contributed by atoms with Crippen molar-refractivity contribution in [3.63, 3.8) is 0 Å². The van der Waals surface area contributed by atoms with Gasteiger partial charge in [0.1, 0.15) is 11.7 Å². The Kier molecular flexibility index (Phi) is 12.3. The standard InChI is InChI=1S/C42H48N4O6.Mg/c1-9-12-25(20-47)15-16-52-35(48)14-13-28-23(6)31-17-29-21(4)26(10-2)33(43-29)18-30-22(5)27(11-3)34(44-30)19-32-24(7)36-40(46-32)37(39(28)45-31)38(41(36)49)42(50)51-8;/h10,17-20,23,28,38-39,47,49H,2,9,11-16H2,1,3-8H3;/q-4;+2/b25-20+,30-18-,31-17-,34-19-;/t23-,28-,38+,39?;/m0./s1. The zero-order valence-corrected chi connectivity index (χ0v) is 33.3. The minimum Gasteiger partial charge on any atom is -0.681 e. The molecule has 8 bridgehead atoms. The molecule has 3 aromatic heterocycles. The molecule has 1 saturated heterocycles. The summed E-state index contributed by atoms with van der Waals surface area (Å²) in [5.74, 6) is -2.52. The van der Waals surface area contributed by atoms with Crippen LogP contribution >= 0.6 is 0 Å². The van der Waals surface area contributed by atoms with Crippen LogP contribution in [0.4, 0.5) is 0 Å². The van der Waals surface area contributed by atoms with E-state index in [0.29, 0.717) is 34.7 Å². The van der Waals surface area contributed by atoms with Gasteiger partial charge in [-0.1, -0.05) is 91.9 Å². The van der Waals surface area contributed by atoms with Crippen LogP contribution in [0.15, 0.2) is 24.1 Å². The van der Waals surface area contributed by atoms with Crippen LogP contribution < -0.4 is 36.2 Å². The molecule has 11 heteroatoms. The second kappa shape index (κ2) is 16.3. The molecule has 2 N–H and O–H groups in total. The van der Waals surface area contributed by atoms with Crippen molar-refractivity contribution in [1.82, 2.24) is 15.0 Å². The number of aromatic nitrogens is 3. The van der Waals surface area contributed by atoms with Gasteiger partial charge in [0.2, 0.25) is 0 Å². The van der Waals surface area contributed by atoms with E-state index in [4.69, 9.17) is 29.7 Å². The molecule has 0 radical (unpaired) electrons. The van der Waals surface area contributed by atoms with Gasteiger partial charge < -0.3 is 40.0 Å². The summed E-state index contributed by atoms with van der Waals surface area (Å²) in [6.07, 6.45) is 12.3. The SMILES string of the molecule is C=Cc1c2[n-]c(c1C)/C=C1\[N-]C(C3=c4[n-]c(c(C)c4=C(O)[C@@H]3C(=O)OC)/C=c3\[n-]/c(c(C)c3CC)=C\2)[C@@H](CCC(=O)OCC/C(=C/O)CCC)[C@@H]1C.[Mg+2]. The van der Waals surface area contributed by atoms with E-state index >= 15 is 0 Å². The average Bonchev–Trinajstić information content (AvgIpc) is 3.87. The number of fused-ring (bicyclic) bond motifs is 8. The predicted molar refractivity (Wildman–Crippen MR) is 208 cm³/mol. The first-order chi connectivity index (χ1) is 25.0. The largest absolute Gasteiger partial charge is 2.00 e. The van der Waals surface area contributed by atoms with Crippen LogP contribution in [0.25, 0.3) is 41.0 Å². The normalized spacial score (nSPS) is 22.5. The Morgan fingerprint density at radius 2 is 1.66 bits per heavy atom. The van der Waals surface area contributed by atoms with Crippen molar-refractivity contribution in [3.05, 3.63) is 95.6 Å². The van der Waals surface area contributed by atoms with Gasteiger partial charge in [-0.15, -0.1) is 33.1 Å². The molecule has 6 rings (SSSR count). The van der Waals surface area contributed by atoms with Crippen molar-refractivity contribution in [2.45, 2.75) is 86.1 Å². The predicted octanol–water partition coefficient (Wildman–Crippen LogP) is 3.90. The van der Waals surface area contributed by atoms with E-state index < -0.39 is 17.9 Å². The molecule has 0 amide bonds. The first-order valence-electron chi connectivity index (χ1n) is 18.2. The average molecular weight is 729 g/mol. The summed E-state index contributed by atoms with van der Waals surface area (Å²) in [6.45, 7) is 16.4. The van der Waals surface area contributed by atoms with Crippen LogP contribution in [0.3, 0.4) is 0 Å². The molecule has 3 aliphatic rings. The fourth-order valence-corrected chi connectivity index (χ4v) is 8.14. The molecular formula is C42H48MgN4O6-2. The smallest absolute Gasteiger partial charge is 0.681 e. The molecule has 1 fully saturated rings. The topological polar surface area (TPSA) is 149 Å². The minimum absolute atomic E-state index is 0. The van der Waals surface area contributed by atoms with Crippen molar-refractivity contribution in [1.29, 1.82) is 0 Å². The van der Waals surface area contributed by atoms with Gasteiger partial charge in [-0.2, -0.15) is 5.70 Å². The molecule has 0 spiro atoms. The van der Waals surface area contributed by atoms with Crippen molar-refractivity contribution >= 4 is 70.6 Å². The van der Waals surface area contributed by atoms with Gasteiger partial charge in [-0.05, 0) is 63.0 Å². The molecule has 10 nitrogen and oxygen atoms in total. The van der Waals surface area contributed by atoms with Crippen molar-refractivity contribution in [2.24, 2.45) is 17.8 Å². The maximum absolute atomic E-state index is 13.5. The number of allylic oxidation sites excluding steroid dienone is 1. The number of esters is 2. The van der Waals surface area contributed by atoms with Crippen LogP contribution in [-0.4, -0.2) is 65.0 Å². The number of aliphatic hydroxyl groups excluding tert-OH is 2. The van der Waals surface area contributed by atoms with Gasteiger partial charge >= 0.3 is 35.0 Å². The molecule has 53 heavy (non-hydrogen) atoms. The van der Waals surface area contributed by atoms with Gasteiger partial charge in [-0.25, -0.2) is 0 Å². The summed E-state index contributed by atoms with van der Waals surface area (Å²) >= 11 is 0. The molecule has 5 heterocycles. The summed E-state index contributed by atoms with van der Waals surface area (Å²) in [5.41, 5.74) is 9.12. The van der Waals surface area contributed by atoms with Crippen LogP contribution in [0, 0.1) is 38.5 Å². The maximum atomic E-state index is 13.5. The van der Waals surface area contributed by atoms with Gasteiger partial charge in [0.15, 0.2) is 0 Å². The third-order valence-corrected chi connectivity index (χ3v) is 11.1. The molecule has 1 unspecified atom stereocenters. The summed E-state index contributed by atoms with van der Waals surface area (Å²) in [6, 6.07) is -0.595. The summed E-state index contributed by atoms with van der Waals surface area (Å²) in [4.78, 5) is 41.8. The number of ether oxygens (including phenoxy) is 2. The first-order valence-corrected chi connectivity index (χ1v) is 18.2. The van der Waals surface area contributed by atoms with E-state index in [1.165, 1.54) is 7.11 Å². The molecular weight excluding hydrogens is 681 g/mol. The minimum atomic E-state index is -1.09. The van der Waals surface area contributed by atoms with Crippen LogP contribution in [0.5, 0.6) is 0 Å². The maximum Gasteiger partial charge on any atom is 2.00 e. The monoisotopic (exact) mass is 728 g/mol. The van der Waals surface area contributed by atoms with E-state index in [0.717, 1.165) is 86.7 Å². The number of aliphatic hydroxyl groups is 2. The van der Waals surface area contributed by atoms with Crippen molar-refractivity contribution in [3.8, 4) is 0 Å². The van der Waals surface area contributed by atoms with E-state index in [1.54, 1.807) is 0 Å². The van der Waals surface area contributed by atoms with Gasteiger partial charge in [0.05, 0.1) is 20.0 Å². The zero-order valence-electron chi connectivity index (χ0n) is 31.9. The first kappa shape index (κ1) is 39.8. The van der Waals surface area contributed by atoms with E-state index in [-0.39, 0.29) is 59.6 Å². The summed E-state index contributed by atoms with van der Waals surface area (Å²) < 4.78 is 10.8. The number of rotatable bonds is 11. The molecule has 4 atom stereocenters. The second-order valence-electron chi connectivity index (χ2n) is 14.0. The van der Waals surface area contributed by atoms with Gasteiger partial charge in [-0.3, -0.25) is 9.59 Å². The Balaban J connectivity index is 0.00000541. The number of hydrogen-bond acceptors (Lipinski definition) is 6. The number of carbonyl (C=O) groups excluding carboxylic acids is 2. The number of methoxy groups -OCH3 is 1. The van der Waals surface area contributed by atoms with Crippen LogP contribution in [-0.2, 0) is 25.5 Å². The second-order valence-corrected chi connectivity index (χ2v) is 14.0. The van der Waals surface area contributed by atoms with Crippen LogP contribution in [0.2, 0.25) is 0 Å². The molecule has 2 aliphatic heterocycles. The molecule has 3 aromatic rings. The fourth-order valence-electron chi connectivity index (χ4n) is 8.14. The Hall–Kier alpha value is -4.35. The molecule has 276 valence electrons. The third-order valence-electron chi connectivity index (χ3n) is 11.1. The number of nitrogens with zero attached hydrogens (tertiary/aromatic N) is 4. The van der Waals surface area contributed by atoms with E-state index in [1.807, 2.05) is 45.1 Å².